The zero-order valence-electron chi connectivity index (χ0n) is 13.9. The molecule has 2 heterocycles. The maximum atomic E-state index is 11.9. The zero-order valence-corrected chi connectivity index (χ0v) is 14.7. The van der Waals surface area contributed by atoms with E-state index in [0.29, 0.717) is 12.3 Å². The number of benzene rings is 1. The molecular weight excluding hydrogens is 322 g/mol. The summed E-state index contributed by atoms with van der Waals surface area (Å²) in [6.45, 7) is 3.44. The lowest BCUT2D eigenvalue weighted by Gasteiger charge is -2.10. The van der Waals surface area contributed by atoms with Crippen LogP contribution in [-0.4, -0.2) is 40.9 Å². The van der Waals surface area contributed by atoms with Gasteiger partial charge in [0, 0.05) is 25.3 Å². The van der Waals surface area contributed by atoms with Crippen LogP contribution in [0, 0.1) is 6.92 Å². The van der Waals surface area contributed by atoms with E-state index in [0.717, 1.165) is 42.4 Å². The maximum Gasteiger partial charge on any atom is 0.230 e. The largest absolute Gasteiger partial charge is 0.376 e. The Kier molecular flexibility index (Phi) is 5.93. The van der Waals surface area contributed by atoms with Crippen LogP contribution in [0.1, 0.15) is 29.8 Å². The van der Waals surface area contributed by atoms with Crippen LogP contribution in [0.15, 0.2) is 35.5 Å². The van der Waals surface area contributed by atoms with Gasteiger partial charge in [-0.2, -0.15) is 0 Å². The first-order valence-electron chi connectivity index (χ1n) is 8.31. The lowest BCUT2D eigenvalue weighted by atomic mass is 10.1. The van der Waals surface area contributed by atoms with Gasteiger partial charge >= 0.3 is 0 Å². The number of hydrogen-bond acceptors (Lipinski definition) is 4. The van der Waals surface area contributed by atoms with Gasteiger partial charge in [0.1, 0.15) is 0 Å². The van der Waals surface area contributed by atoms with Crippen LogP contribution in [0.2, 0.25) is 0 Å². The SMILES string of the molecule is Cc1[nH]c(SCC(=O)NCC2CCCO2)nc1Cc1ccccc1. The highest BCUT2D eigenvalue weighted by atomic mass is 32.2. The average molecular weight is 345 g/mol. The van der Waals surface area contributed by atoms with E-state index in [1.54, 1.807) is 0 Å². The van der Waals surface area contributed by atoms with E-state index in [4.69, 9.17) is 4.74 Å². The Morgan fingerprint density at radius 1 is 1.42 bits per heavy atom. The van der Waals surface area contributed by atoms with E-state index in [1.165, 1.54) is 17.3 Å². The molecule has 6 heteroatoms. The number of H-pyrrole nitrogens is 1. The first kappa shape index (κ1) is 17.0. The highest BCUT2D eigenvalue weighted by molar-refractivity contribution is 7.99. The van der Waals surface area contributed by atoms with E-state index in [-0.39, 0.29) is 12.0 Å². The summed E-state index contributed by atoms with van der Waals surface area (Å²) in [5, 5.41) is 3.73. The van der Waals surface area contributed by atoms with Crippen LogP contribution in [-0.2, 0) is 16.0 Å². The highest BCUT2D eigenvalue weighted by Gasteiger charge is 2.16. The summed E-state index contributed by atoms with van der Waals surface area (Å²) in [5.41, 5.74) is 3.32. The van der Waals surface area contributed by atoms with E-state index >= 15 is 0 Å². The first-order chi connectivity index (χ1) is 11.7. The number of ether oxygens (including phenoxy) is 1. The summed E-state index contributed by atoms with van der Waals surface area (Å²) in [7, 11) is 0. The van der Waals surface area contributed by atoms with E-state index in [1.807, 2.05) is 25.1 Å². The fourth-order valence-electron chi connectivity index (χ4n) is 2.71. The van der Waals surface area contributed by atoms with Crippen molar-refractivity contribution in [1.29, 1.82) is 0 Å². The number of aromatic amines is 1. The van der Waals surface area contributed by atoms with Gasteiger partial charge in [0.25, 0.3) is 0 Å². The molecule has 128 valence electrons. The van der Waals surface area contributed by atoms with Crippen LogP contribution in [0.25, 0.3) is 0 Å². The summed E-state index contributed by atoms with van der Waals surface area (Å²) in [6, 6.07) is 10.3. The Bertz CT molecular complexity index is 666. The van der Waals surface area contributed by atoms with E-state index in [2.05, 4.69) is 27.4 Å². The van der Waals surface area contributed by atoms with Crippen LogP contribution >= 0.6 is 11.8 Å². The van der Waals surface area contributed by atoms with Crippen molar-refractivity contribution in [2.75, 3.05) is 18.9 Å². The van der Waals surface area contributed by atoms with Gasteiger partial charge in [-0.3, -0.25) is 4.79 Å². The molecule has 5 nitrogen and oxygen atoms in total. The molecule has 2 aromatic rings. The third-order valence-electron chi connectivity index (χ3n) is 4.07. The number of hydrogen-bond donors (Lipinski definition) is 2. The van der Waals surface area contributed by atoms with E-state index in [9.17, 15) is 4.79 Å². The monoisotopic (exact) mass is 345 g/mol. The molecule has 0 saturated carbocycles. The molecule has 3 rings (SSSR count). The molecule has 1 fully saturated rings. The van der Waals surface area contributed by atoms with Crippen molar-refractivity contribution in [3.05, 3.63) is 47.3 Å². The van der Waals surface area contributed by atoms with Gasteiger partial charge in [-0.05, 0) is 25.3 Å². The summed E-state index contributed by atoms with van der Waals surface area (Å²) in [5.74, 6) is 0.388. The molecule has 1 unspecified atom stereocenters. The number of rotatable bonds is 7. The van der Waals surface area contributed by atoms with Gasteiger partial charge in [0.05, 0.1) is 17.6 Å². The molecule has 1 amide bonds. The molecule has 1 aliphatic heterocycles. The Hall–Kier alpha value is -1.79. The number of nitrogens with zero attached hydrogens (tertiary/aromatic N) is 1. The third kappa shape index (κ3) is 4.85. The van der Waals surface area contributed by atoms with Gasteiger partial charge in [0.15, 0.2) is 5.16 Å². The minimum Gasteiger partial charge on any atom is -0.376 e. The molecule has 1 saturated heterocycles. The van der Waals surface area contributed by atoms with Crippen molar-refractivity contribution in [1.82, 2.24) is 15.3 Å². The third-order valence-corrected chi connectivity index (χ3v) is 4.94. The van der Waals surface area contributed by atoms with Gasteiger partial charge in [0.2, 0.25) is 5.91 Å². The molecule has 1 atom stereocenters. The van der Waals surface area contributed by atoms with Crippen LogP contribution in [0.4, 0.5) is 0 Å². The smallest absolute Gasteiger partial charge is 0.230 e. The summed E-state index contributed by atoms with van der Waals surface area (Å²) in [4.78, 5) is 19.8. The van der Waals surface area contributed by atoms with Crippen molar-refractivity contribution in [2.45, 2.75) is 37.4 Å². The Morgan fingerprint density at radius 3 is 3.00 bits per heavy atom. The van der Waals surface area contributed by atoms with Gasteiger partial charge in [-0.15, -0.1) is 0 Å². The Labute approximate surface area is 146 Å². The Morgan fingerprint density at radius 2 is 2.25 bits per heavy atom. The number of imidazole rings is 1. The fraction of sp³-hybridized carbons (Fsp3) is 0.444. The highest BCUT2D eigenvalue weighted by Crippen LogP contribution is 2.19. The molecular formula is C18H23N3O2S. The number of carbonyl (C=O) groups is 1. The lowest BCUT2D eigenvalue weighted by Crippen LogP contribution is -2.32. The Balaban J connectivity index is 1.47. The summed E-state index contributed by atoms with van der Waals surface area (Å²) < 4.78 is 5.50. The molecule has 1 aromatic heterocycles. The summed E-state index contributed by atoms with van der Waals surface area (Å²) in [6.07, 6.45) is 3.11. The predicted molar refractivity (Wildman–Crippen MR) is 95.3 cm³/mol. The number of carbonyl (C=O) groups excluding carboxylic acids is 1. The number of aromatic nitrogens is 2. The zero-order chi connectivity index (χ0) is 16.8. The van der Waals surface area contributed by atoms with Crippen molar-refractivity contribution in [3.8, 4) is 0 Å². The standard InChI is InChI=1S/C18H23N3O2S/c1-13-16(10-14-6-3-2-4-7-14)21-18(20-13)24-12-17(22)19-11-15-8-5-9-23-15/h2-4,6-7,15H,5,8-12H2,1H3,(H,19,22)(H,20,21). The predicted octanol–water partition coefficient (Wildman–Crippen LogP) is 2.70. The molecule has 0 aliphatic carbocycles. The molecule has 1 aromatic carbocycles. The average Bonchev–Trinajstić information content (AvgIpc) is 3.22. The van der Waals surface area contributed by atoms with Crippen molar-refractivity contribution < 1.29 is 9.53 Å². The molecule has 2 N–H and O–H groups in total. The number of aryl methyl sites for hydroxylation is 1. The lowest BCUT2D eigenvalue weighted by molar-refractivity contribution is -0.119. The fourth-order valence-corrected chi connectivity index (χ4v) is 3.48. The van der Waals surface area contributed by atoms with Crippen molar-refractivity contribution >= 4 is 17.7 Å². The normalized spacial score (nSPS) is 17.1. The molecule has 0 radical (unpaired) electrons. The van der Waals surface area contributed by atoms with E-state index < -0.39 is 0 Å². The topological polar surface area (TPSA) is 67.0 Å². The van der Waals surface area contributed by atoms with Crippen LogP contribution in [0.5, 0.6) is 0 Å². The summed E-state index contributed by atoms with van der Waals surface area (Å²) >= 11 is 1.44. The molecule has 24 heavy (non-hydrogen) atoms. The molecule has 0 spiro atoms. The van der Waals surface area contributed by atoms with Crippen molar-refractivity contribution in [2.24, 2.45) is 0 Å². The minimum absolute atomic E-state index is 0.0224. The second kappa shape index (κ2) is 8.35. The molecule has 0 bridgehead atoms. The molecule has 1 aliphatic rings. The van der Waals surface area contributed by atoms with Crippen LogP contribution < -0.4 is 5.32 Å². The quantitative estimate of drug-likeness (QED) is 0.757. The second-order valence-corrected chi connectivity index (χ2v) is 6.97. The van der Waals surface area contributed by atoms with Gasteiger partial charge in [-0.1, -0.05) is 42.1 Å². The number of amides is 1. The maximum absolute atomic E-state index is 11.9. The first-order valence-corrected chi connectivity index (χ1v) is 9.30. The van der Waals surface area contributed by atoms with Crippen LogP contribution in [0.3, 0.4) is 0 Å². The van der Waals surface area contributed by atoms with Gasteiger partial charge < -0.3 is 15.0 Å². The number of thioether (sulfide) groups is 1. The van der Waals surface area contributed by atoms with Gasteiger partial charge in [-0.25, -0.2) is 4.98 Å². The second-order valence-electron chi connectivity index (χ2n) is 6.00. The number of nitrogens with one attached hydrogen (secondary N) is 2. The minimum atomic E-state index is 0.0224. The van der Waals surface area contributed by atoms with Crippen molar-refractivity contribution in [3.63, 3.8) is 0 Å².